The summed E-state index contributed by atoms with van der Waals surface area (Å²) in [5.41, 5.74) is 1.74. The first-order chi connectivity index (χ1) is 7.78. The molecule has 2 saturated heterocycles. The van der Waals surface area contributed by atoms with Crippen LogP contribution in [0.4, 0.5) is 0 Å². The Hall–Kier alpha value is -1.34. The van der Waals surface area contributed by atoms with Crippen molar-refractivity contribution in [1.82, 2.24) is 15.1 Å². The van der Waals surface area contributed by atoms with Gasteiger partial charge in [-0.1, -0.05) is 0 Å². The van der Waals surface area contributed by atoms with Crippen molar-refractivity contribution in [2.75, 3.05) is 0 Å². The highest BCUT2D eigenvalue weighted by molar-refractivity contribution is 5.29. The first-order valence-corrected chi connectivity index (χ1v) is 5.98. The molecule has 1 aromatic heterocycles. The molecule has 3 rings (SSSR count). The van der Waals surface area contributed by atoms with Crippen molar-refractivity contribution in [2.45, 2.75) is 50.7 Å². The van der Waals surface area contributed by atoms with E-state index in [4.69, 9.17) is 5.26 Å². The van der Waals surface area contributed by atoms with Crippen LogP contribution < -0.4 is 5.32 Å². The van der Waals surface area contributed by atoms with E-state index in [1.165, 1.54) is 12.8 Å². The highest BCUT2D eigenvalue weighted by Crippen LogP contribution is 2.34. The van der Waals surface area contributed by atoms with Gasteiger partial charge in [0.2, 0.25) is 0 Å². The summed E-state index contributed by atoms with van der Waals surface area (Å²) >= 11 is 0. The van der Waals surface area contributed by atoms with E-state index in [9.17, 15) is 0 Å². The Labute approximate surface area is 95.3 Å². The summed E-state index contributed by atoms with van der Waals surface area (Å²) in [4.78, 5) is 0. The maximum Gasteiger partial charge on any atom is 0.141 e. The minimum atomic E-state index is 0.419. The largest absolute Gasteiger partial charge is 0.311 e. The van der Waals surface area contributed by atoms with Crippen LogP contribution in [0.2, 0.25) is 0 Å². The van der Waals surface area contributed by atoms with E-state index >= 15 is 0 Å². The summed E-state index contributed by atoms with van der Waals surface area (Å²) < 4.78 is 1.95. The molecule has 0 saturated carbocycles. The van der Waals surface area contributed by atoms with Crippen molar-refractivity contribution in [2.24, 2.45) is 0 Å². The lowest BCUT2D eigenvalue weighted by atomic mass is 10.00. The highest BCUT2D eigenvalue weighted by atomic mass is 15.3. The second-order valence-electron chi connectivity index (χ2n) is 5.00. The van der Waals surface area contributed by atoms with Crippen LogP contribution in [0.1, 0.15) is 43.0 Å². The molecule has 3 heterocycles. The predicted molar refractivity (Wildman–Crippen MR) is 59.9 cm³/mol. The Morgan fingerprint density at radius 3 is 2.75 bits per heavy atom. The highest BCUT2D eigenvalue weighted by Gasteiger charge is 2.35. The molecule has 0 aromatic carbocycles. The van der Waals surface area contributed by atoms with Crippen LogP contribution in [0.25, 0.3) is 0 Å². The van der Waals surface area contributed by atoms with Gasteiger partial charge in [0.05, 0.1) is 12.2 Å². The minimum Gasteiger partial charge on any atom is -0.311 e. The summed E-state index contributed by atoms with van der Waals surface area (Å²) in [6, 6.07) is 3.97. The number of nitrogens with one attached hydrogen (secondary N) is 1. The van der Waals surface area contributed by atoms with Gasteiger partial charge in [0.25, 0.3) is 0 Å². The molecule has 1 unspecified atom stereocenters. The fraction of sp³-hybridized carbons (Fsp3) is 0.667. The monoisotopic (exact) mass is 216 g/mol. The Kier molecular flexibility index (Phi) is 2.22. The first-order valence-electron chi connectivity index (χ1n) is 5.98. The molecule has 2 fully saturated rings. The smallest absolute Gasteiger partial charge is 0.141 e. The van der Waals surface area contributed by atoms with Gasteiger partial charge < -0.3 is 5.32 Å². The third kappa shape index (κ3) is 1.43. The number of rotatable bonds is 1. The molecule has 16 heavy (non-hydrogen) atoms. The van der Waals surface area contributed by atoms with Crippen molar-refractivity contribution in [1.29, 1.82) is 5.26 Å². The fourth-order valence-corrected chi connectivity index (χ4v) is 3.09. The molecule has 4 heteroatoms. The summed E-state index contributed by atoms with van der Waals surface area (Å²) in [6.07, 6.45) is 6.60. The zero-order chi connectivity index (χ0) is 11.1. The molecular formula is C12H16N4. The summed E-state index contributed by atoms with van der Waals surface area (Å²) in [5.74, 6) is 0. The first kappa shape index (κ1) is 9.86. The Balaban J connectivity index is 1.90. The van der Waals surface area contributed by atoms with E-state index in [1.807, 2.05) is 17.8 Å². The SMILES string of the molecule is Cc1cnn(C2C[C@H]3CC[C@@H](C2)N3)c1C#N. The average Bonchev–Trinajstić information content (AvgIpc) is 2.82. The van der Waals surface area contributed by atoms with Gasteiger partial charge in [-0.15, -0.1) is 0 Å². The third-order valence-corrected chi connectivity index (χ3v) is 3.88. The number of hydrogen-bond acceptors (Lipinski definition) is 3. The van der Waals surface area contributed by atoms with Gasteiger partial charge in [-0.25, -0.2) is 0 Å². The second-order valence-corrected chi connectivity index (χ2v) is 5.00. The minimum absolute atomic E-state index is 0.419. The lowest BCUT2D eigenvalue weighted by molar-refractivity contribution is 0.280. The summed E-state index contributed by atoms with van der Waals surface area (Å²) in [5, 5.41) is 17.1. The van der Waals surface area contributed by atoms with Gasteiger partial charge in [0.1, 0.15) is 11.8 Å². The molecule has 2 bridgehead atoms. The average molecular weight is 216 g/mol. The van der Waals surface area contributed by atoms with Crippen molar-refractivity contribution in [3.8, 4) is 6.07 Å². The van der Waals surface area contributed by atoms with Gasteiger partial charge in [-0.2, -0.15) is 10.4 Å². The lowest BCUT2D eigenvalue weighted by Crippen LogP contribution is -2.39. The molecule has 84 valence electrons. The standard InChI is InChI=1S/C12H16N4/c1-8-7-14-16(12(8)6-13)11-4-9-2-3-10(5-11)15-9/h7,9-11,15H,2-5H2,1H3/t9-,10+,11?. The van der Waals surface area contributed by atoms with E-state index in [-0.39, 0.29) is 0 Å². The number of aromatic nitrogens is 2. The van der Waals surface area contributed by atoms with E-state index in [2.05, 4.69) is 16.5 Å². The molecule has 3 atom stereocenters. The molecule has 0 radical (unpaired) electrons. The number of aryl methyl sites for hydroxylation is 1. The number of hydrogen-bond donors (Lipinski definition) is 1. The molecule has 2 aliphatic heterocycles. The molecule has 0 spiro atoms. The van der Waals surface area contributed by atoms with Gasteiger partial charge >= 0.3 is 0 Å². The predicted octanol–water partition coefficient (Wildman–Crippen LogP) is 1.52. The van der Waals surface area contributed by atoms with Gasteiger partial charge in [0.15, 0.2) is 0 Å². The number of fused-ring (bicyclic) bond motifs is 2. The van der Waals surface area contributed by atoms with Gasteiger partial charge in [-0.3, -0.25) is 4.68 Å². The van der Waals surface area contributed by atoms with Crippen LogP contribution in [0.5, 0.6) is 0 Å². The van der Waals surface area contributed by atoms with E-state index in [1.54, 1.807) is 0 Å². The topological polar surface area (TPSA) is 53.6 Å². The zero-order valence-corrected chi connectivity index (χ0v) is 9.48. The van der Waals surface area contributed by atoms with Crippen LogP contribution >= 0.6 is 0 Å². The van der Waals surface area contributed by atoms with Crippen molar-refractivity contribution in [3.05, 3.63) is 17.5 Å². The van der Waals surface area contributed by atoms with E-state index in [0.717, 1.165) is 24.1 Å². The van der Waals surface area contributed by atoms with E-state index < -0.39 is 0 Å². The van der Waals surface area contributed by atoms with Gasteiger partial charge in [-0.05, 0) is 32.6 Å². The van der Waals surface area contributed by atoms with Crippen LogP contribution in [0.15, 0.2) is 6.20 Å². The molecule has 2 aliphatic rings. The normalized spacial score (nSPS) is 32.6. The Morgan fingerprint density at radius 2 is 2.12 bits per heavy atom. The molecule has 0 aliphatic carbocycles. The fourth-order valence-electron chi connectivity index (χ4n) is 3.09. The summed E-state index contributed by atoms with van der Waals surface area (Å²) in [6.45, 7) is 1.96. The Morgan fingerprint density at radius 1 is 1.44 bits per heavy atom. The van der Waals surface area contributed by atoms with Crippen LogP contribution in [0.3, 0.4) is 0 Å². The molecule has 0 amide bonds. The van der Waals surface area contributed by atoms with Crippen molar-refractivity contribution < 1.29 is 0 Å². The van der Waals surface area contributed by atoms with Crippen molar-refractivity contribution >= 4 is 0 Å². The lowest BCUT2D eigenvalue weighted by Gasteiger charge is -2.29. The second kappa shape index (κ2) is 3.60. The third-order valence-electron chi connectivity index (χ3n) is 3.88. The molecule has 1 N–H and O–H groups in total. The Bertz CT molecular complexity index is 430. The number of nitriles is 1. The number of nitrogens with zero attached hydrogens (tertiary/aromatic N) is 3. The molecular weight excluding hydrogens is 200 g/mol. The number of piperidine rings is 1. The van der Waals surface area contributed by atoms with Crippen LogP contribution in [-0.2, 0) is 0 Å². The maximum absolute atomic E-state index is 9.14. The van der Waals surface area contributed by atoms with E-state index in [0.29, 0.717) is 18.1 Å². The van der Waals surface area contributed by atoms with Crippen molar-refractivity contribution in [3.63, 3.8) is 0 Å². The quantitative estimate of drug-likeness (QED) is 0.774. The molecule has 4 nitrogen and oxygen atoms in total. The van der Waals surface area contributed by atoms with Crippen LogP contribution in [-0.4, -0.2) is 21.9 Å². The zero-order valence-electron chi connectivity index (χ0n) is 9.48. The summed E-state index contributed by atoms with van der Waals surface area (Å²) in [7, 11) is 0. The molecule has 1 aromatic rings. The van der Waals surface area contributed by atoms with Crippen LogP contribution in [0, 0.1) is 18.3 Å². The maximum atomic E-state index is 9.14. The van der Waals surface area contributed by atoms with Gasteiger partial charge in [0, 0.05) is 17.6 Å².